The van der Waals surface area contributed by atoms with Crippen LogP contribution in [0.4, 0.5) is 5.69 Å². The summed E-state index contributed by atoms with van der Waals surface area (Å²) in [5.74, 6) is 0.925. The molecule has 0 saturated carbocycles. The number of aromatic nitrogens is 4. The normalized spacial score (nSPS) is 11.1. The molecule has 102 valence electrons. The molecule has 3 rings (SSSR count). The first-order valence-electron chi connectivity index (χ1n) is 5.73. The smallest absolute Gasteiger partial charge is 0.274 e. The number of fused-ring (bicyclic) bond motifs is 1. The molecular formula is C12H10BrN5OS. The molecule has 0 atom stereocenters. The van der Waals surface area contributed by atoms with E-state index in [2.05, 4.69) is 31.0 Å². The molecule has 0 radical (unpaired) electrons. The highest BCUT2D eigenvalue weighted by molar-refractivity contribution is 9.10. The zero-order valence-electron chi connectivity index (χ0n) is 10.2. The van der Waals surface area contributed by atoms with Gasteiger partial charge in [-0.3, -0.25) is 9.89 Å². The van der Waals surface area contributed by atoms with E-state index in [1.165, 1.54) is 28.7 Å². The third-order valence-electron chi connectivity index (χ3n) is 2.67. The predicted octanol–water partition coefficient (Wildman–Crippen LogP) is 2.05. The van der Waals surface area contributed by atoms with E-state index >= 15 is 0 Å². The second-order valence-electron chi connectivity index (χ2n) is 4.08. The van der Waals surface area contributed by atoms with Crippen LogP contribution in [0.2, 0.25) is 0 Å². The molecule has 2 aromatic heterocycles. The standard InChI is InChI=1S/C12H10BrN5OS/c13-7-1-2-9(14)10(3-7)20-5-8-4-11(19)18-12(17-8)15-6-16-18/h1-4,6H,5,14H2,(H,15,16,17). The van der Waals surface area contributed by atoms with Crippen LogP contribution in [0.1, 0.15) is 5.69 Å². The Morgan fingerprint density at radius 1 is 1.40 bits per heavy atom. The Morgan fingerprint density at radius 2 is 2.25 bits per heavy atom. The van der Waals surface area contributed by atoms with Crippen LogP contribution in [-0.4, -0.2) is 19.6 Å². The van der Waals surface area contributed by atoms with Crippen molar-refractivity contribution < 1.29 is 0 Å². The van der Waals surface area contributed by atoms with Crippen LogP contribution < -0.4 is 11.3 Å². The molecule has 3 N–H and O–H groups in total. The predicted molar refractivity (Wildman–Crippen MR) is 81.7 cm³/mol. The quantitative estimate of drug-likeness (QED) is 0.556. The topological polar surface area (TPSA) is 89.1 Å². The number of benzene rings is 1. The fourth-order valence-corrected chi connectivity index (χ4v) is 3.14. The van der Waals surface area contributed by atoms with Crippen LogP contribution in [0, 0.1) is 0 Å². The van der Waals surface area contributed by atoms with Gasteiger partial charge in [0, 0.05) is 26.9 Å². The zero-order valence-corrected chi connectivity index (χ0v) is 12.6. The summed E-state index contributed by atoms with van der Waals surface area (Å²) in [6, 6.07) is 7.16. The van der Waals surface area contributed by atoms with Crippen LogP contribution in [0.25, 0.3) is 5.78 Å². The number of hydrogen-bond donors (Lipinski definition) is 2. The Bertz CT molecular complexity index is 828. The fourth-order valence-electron chi connectivity index (χ4n) is 1.73. The van der Waals surface area contributed by atoms with Gasteiger partial charge in [0.15, 0.2) is 0 Å². The number of thioether (sulfide) groups is 1. The van der Waals surface area contributed by atoms with Gasteiger partial charge in [-0.15, -0.1) is 11.8 Å². The highest BCUT2D eigenvalue weighted by Crippen LogP contribution is 2.30. The number of H-pyrrole nitrogens is 1. The molecular weight excluding hydrogens is 342 g/mol. The molecule has 8 heteroatoms. The van der Waals surface area contributed by atoms with Crippen LogP contribution in [0.3, 0.4) is 0 Å². The number of nitrogens with one attached hydrogen (secondary N) is 1. The summed E-state index contributed by atoms with van der Waals surface area (Å²) in [5, 5.41) is 2.70. The van der Waals surface area contributed by atoms with E-state index in [0.717, 1.165) is 9.37 Å². The molecule has 3 aromatic rings. The molecule has 0 unspecified atom stereocenters. The van der Waals surface area contributed by atoms with Crippen LogP contribution in [-0.2, 0) is 5.75 Å². The minimum atomic E-state index is -0.176. The molecule has 1 aromatic carbocycles. The molecule has 0 aliphatic carbocycles. The van der Waals surface area contributed by atoms with Gasteiger partial charge in [-0.1, -0.05) is 15.9 Å². The van der Waals surface area contributed by atoms with Crippen molar-refractivity contribution in [3.63, 3.8) is 0 Å². The van der Waals surface area contributed by atoms with E-state index in [9.17, 15) is 4.79 Å². The second kappa shape index (κ2) is 5.29. The Balaban J connectivity index is 1.86. The van der Waals surface area contributed by atoms with E-state index in [-0.39, 0.29) is 5.56 Å². The molecule has 0 aliphatic heterocycles. The van der Waals surface area contributed by atoms with Crippen molar-refractivity contribution in [2.75, 3.05) is 5.73 Å². The molecule has 0 fully saturated rings. The first-order valence-corrected chi connectivity index (χ1v) is 7.51. The lowest BCUT2D eigenvalue weighted by Crippen LogP contribution is -2.15. The van der Waals surface area contributed by atoms with Gasteiger partial charge in [-0.05, 0) is 18.2 Å². The summed E-state index contributed by atoms with van der Waals surface area (Å²) in [6.07, 6.45) is 1.44. The summed E-state index contributed by atoms with van der Waals surface area (Å²) in [7, 11) is 0. The summed E-state index contributed by atoms with van der Waals surface area (Å²) in [4.78, 5) is 21.0. The minimum absolute atomic E-state index is 0.176. The van der Waals surface area contributed by atoms with E-state index in [4.69, 9.17) is 5.73 Å². The largest absolute Gasteiger partial charge is 0.398 e. The highest BCUT2D eigenvalue weighted by atomic mass is 79.9. The number of nitrogens with two attached hydrogens (primary N) is 1. The van der Waals surface area contributed by atoms with Gasteiger partial charge in [-0.2, -0.15) is 4.52 Å². The average Bonchev–Trinajstić information content (AvgIpc) is 2.89. The maximum Gasteiger partial charge on any atom is 0.274 e. The maximum absolute atomic E-state index is 11.8. The van der Waals surface area contributed by atoms with E-state index in [1.54, 1.807) is 0 Å². The van der Waals surface area contributed by atoms with Crippen molar-refractivity contribution in [3.8, 4) is 0 Å². The summed E-state index contributed by atoms with van der Waals surface area (Å²) in [6.45, 7) is 0. The maximum atomic E-state index is 11.8. The summed E-state index contributed by atoms with van der Waals surface area (Å²) in [5.41, 5.74) is 7.11. The lowest BCUT2D eigenvalue weighted by molar-refractivity contribution is 0.887. The third-order valence-corrected chi connectivity index (χ3v) is 4.27. The lowest BCUT2D eigenvalue weighted by Gasteiger charge is -2.05. The van der Waals surface area contributed by atoms with Crippen LogP contribution in [0.5, 0.6) is 0 Å². The third kappa shape index (κ3) is 2.56. The number of nitrogens with zero attached hydrogens (tertiary/aromatic N) is 3. The fraction of sp³-hybridized carbons (Fsp3) is 0.0833. The SMILES string of the molecule is Nc1ccc(Br)cc1SCc1cc(=O)n2[nH]cnc2n1. The molecule has 0 aliphatic rings. The van der Waals surface area contributed by atoms with Gasteiger partial charge >= 0.3 is 0 Å². The van der Waals surface area contributed by atoms with Crippen LogP contribution in [0.15, 0.2) is 44.8 Å². The van der Waals surface area contributed by atoms with Crippen LogP contribution >= 0.6 is 27.7 Å². The van der Waals surface area contributed by atoms with Gasteiger partial charge in [0.25, 0.3) is 11.3 Å². The van der Waals surface area contributed by atoms with Crippen molar-refractivity contribution >= 4 is 39.2 Å². The first-order chi connectivity index (χ1) is 9.63. The first kappa shape index (κ1) is 13.2. The number of anilines is 1. The van der Waals surface area contributed by atoms with Crippen molar-refractivity contribution in [2.45, 2.75) is 10.6 Å². The number of aromatic amines is 1. The Kier molecular flexibility index (Phi) is 3.49. The molecule has 0 spiro atoms. The van der Waals surface area contributed by atoms with E-state index in [1.807, 2.05) is 18.2 Å². The number of hydrogen-bond acceptors (Lipinski definition) is 5. The Morgan fingerprint density at radius 3 is 3.10 bits per heavy atom. The van der Waals surface area contributed by atoms with Gasteiger partial charge in [-0.25, -0.2) is 9.97 Å². The summed E-state index contributed by atoms with van der Waals surface area (Å²) >= 11 is 4.94. The lowest BCUT2D eigenvalue weighted by atomic mass is 10.3. The van der Waals surface area contributed by atoms with Crippen molar-refractivity contribution in [3.05, 3.63) is 51.1 Å². The zero-order chi connectivity index (χ0) is 14.1. The molecule has 0 amide bonds. The molecule has 0 bridgehead atoms. The van der Waals surface area contributed by atoms with Gasteiger partial charge in [0.1, 0.15) is 6.33 Å². The molecule has 2 heterocycles. The molecule has 0 saturated heterocycles. The van der Waals surface area contributed by atoms with Gasteiger partial charge in [0.05, 0.1) is 5.69 Å². The Labute approximate surface area is 126 Å². The van der Waals surface area contributed by atoms with E-state index in [0.29, 0.717) is 22.9 Å². The molecule has 20 heavy (non-hydrogen) atoms. The number of halogens is 1. The van der Waals surface area contributed by atoms with Gasteiger partial charge in [0.2, 0.25) is 0 Å². The van der Waals surface area contributed by atoms with Crippen molar-refractivity contribution in [2.24, 2.45) is 0 Å². The minimum Gasteiger partial charge on any atom is -0.398 e. The average molecular weight is 352 g/mol. The monoisotopic (exact) mass is 351 g/mol. The second-order valence-corrected chi connectivity index (χ2v) is 6.01. The van der Waals surface area contributed by atoms with Crippen molar-refractivity contribution in [1.82, 2.24) is 19.6 Å². The molecule has 6 nitrogen and oxygen atoms in total. The Hall–Kier alpha value is -1.80. The number of nitrogen functional groups attached to an aromatic ring is 1. The highest BCUT2D eigenvalue weighted by Gasteiger charge is 2.06. The van der Waals surface area contributed by atoms with Gasteiger partial charge < -0.3 is 5.73 Å². The summed E-state index contributed by atoms with van der Waals surface area (Å²) < 4.78 is 2.26. The number of rotatable bonds is 3. The van der Waals surface area contributed by atoms with E-state index < -0.39 is 0 Å². The van der Waals surface area contributed by atoms with Crippen molar-refractivity contribution in [1.29, 1.82) is 0 Å².